The van der Waals surface area contributed by atoms with E-state index in [9.17, 15) is 4.79 Å². The van der Waals surface area contributed by atoms with Gasteiger partial charge < -0.3 is 11.1 Å². The summed E-state index contributed by atoms with van der Waals surface area (Å²) in [5.74, 6) is 0.0498. The van der Waals surface area contributed by atoms with Gasteiger partial charge in [0.05, 0.1) is 29.0 Å². The van der Waals surface area contributed by atoms with E-state index >= 15 is 0 Å². The molecule has 1 amide bonds. The first-order valence-electron chi connectivity index (χ1n) is 7.98. The number of amides is 1. The third-order valence-corrected chi connectivity index (χ3v) is 4.03. The zero-order valence-electron chi connectivity index (χ0n) is 13.8. The average Bonchev–Trinajstić information content (AvgIpc) is 3.03. The molecule has 0 fully saturated rings. The van der Waals surface area contributed by atoms with Gasteiger partial charge in [-0.25, -0.2) is 4.52 Å². The highest BCUT2D eigenvalue weighted by molar-refractivity contribution is 6.00. The molecule has 0 aliphatic carbocycles. The largest absolute Gasteiger partial charge is 0.343 e. The predicted octanol–water partition coefficient (Wildman–Crippen LogP) is 2.32. The van der Waals surface area contributed by atoms with Crippen molar-refractivity contribution in [3.8, 4) is 0 Å². The molecule has 3 aromatic rings. The maximum absolute atomic E-state index is 12.8. The second-order valence-electron chi connectivity index (χ2n) is 6.08. The number of nitrogens with two attached hydrogens (primary N) is 1. The van der Waals surface area contributed by atoms with Crippen LogP contribution in [0.4, 0.5) is 0 Å². The van der Waals surface area contributed by atoms with Crippen molar-refractivity contribution in [2.45, 2.75) is 26.4 Å². The van der Waals surface area contributed by atoms with Crippen LogP contribution in [0.1, 0.15) is 41.5 Å². The lowest BCUT2D eigenvalue weighted by molar-refractivity contribution is 0.0926. The average molecular weight is 323 g/mol. The Labute approximate surface area is 140 Å². The second kappa shape index (κ2) is 6.80. The van der Waals surface area contributed by atoms with Gasteiger partial charge in [-0.3, -0.25) is 9.78 Å². The van der Waals surface area contributed by atoms with E-state index in [1.807, 2.05) is 36.5 Å². The van der Waals surface area contributed by atoms with Gasteiger partial charge >= 0.3 is 0 Å². The molecular weight excluding hydrogens is 302 g/mol. The normalized spacial score (nSPS) is 12.5. The molecule has 124 valence electrons. The van der Waals surface area contributed by atoms with E-state index in [2.05, 4.69) is 29.2 Å². The minimum absolute atomic E-state index is 0.161. The summed E-state index contributed by atoms with van der Waals surface area (Å²) in [4.78, 5) is 17.2. The molecule has 0 bridgehead atoms. The van der Waals surface area contributed by atoms with Gasteiger partial charge in [0.25, 0.3) is 5.91 Å². The van der Waals surface area contributed by atoms with Gasteiger partial charge in [0.15, 0.2) is 0 Å². The van der Waals surface area contributed by atoms with E-state index < -0.39 is 0 Å². The number of aromatic nitrogens is 3. The van der Waals surface area contributed by atoms with E-state index in [0.717, 1.165) is 16.8 Å². The third kappa shape index (κ3) is 3.14. The molecule has 0 aliphatic rings. The number of carbonyl (C=O) groups is 1. The van der Waals surface area contributed by atoms with Crippen molar-refractivity contribution >= 4 is 11.4 Å². The van der Waals surface area contributed by atoms with Crippen LogP contribution in [0.5, 0.6) is 0 Å². The Morgan fingerprint density at radius 3 is 2.83 bits per heavy atom. The Kier molecular flexibility index (Phi) is 4.57. The fourth-order valence-corrected chi connectivity index (χ4v) is 2.69. The highest BCUT2D eigenvalue weighted by Crippen LogP contribution is 2.21. The molecule has 0 saturated heterocycles. The van der Waals surface area contributed by atoms with Gasteiger partial charge in [0, 0.05) is 18.9 Å². The van der Waals surface area contributed by atoms with E-state index in [0.29, 0.717) is 12.1 Å². The van der Waals surface area contributed by atoms with Gasteiger partial charge in [-0.1, -0.05) is 19.9 Å². The summed E-state index contributed by atoms with van der Waals surface area (Å²) >= 11 is 0. The molecule has 6 nitrogen and oxygen atoms in total. The lowest BCUT2D eigenvalue weighted by atomic mass is 10.00. The second-order valence-corrected chi connectivity index (χ2v) is 6.08. The van der Waals surface area contributed by atoms with Crippen LogP contribution in [0.2, 0.25) is 0 Å². The number of hydrogen-bond donors (Lipinski definition) is 2. The lowest BCUT2D eigenvalue weighted by Crippen LogP contribution is -2.32. The van der Waals surface area contributed by atoms with Crippen LogP contribution in [0.15, 0.2) is 48.9 Å². The zero-order chi connectivity index (χ0) is 17.1. The minimum atomic E-state index is -0.163. The summed E-state index contributed by atoms with van der Waals surface area (Å²) in [6.45, 7) is 4.54. The Morgan fingerprint density at radius 1 is 1.33 bits per heavy atom. The first kappa shape index (κ1) is 16.1. The summed E-state index contributed by atoms with van der Waals surface area (Å²) in [5.41, 5.74) is 8.78. The highest BCUT2D eigenvalue weighted by Gasteiger charge is 2.22. The number of carbonyl (C=O) groups excluding carboxylic acids is 1. The monoisotopic (exact) mass is 323 g/mol. The number of nitrogens with zero attached hydrogens (tertiary/aromatic N) is 3. The summed E-state index contributed by atoms with van der Waals surface area (Å²) < 4.78 is 1.68. The van der Waals surface area contributed by atoms with Crippen LogP contribution in [0, 0.1) is 5.92 Å². The summed E-state index contributed by atoms with van der Waals surface area (Å²) in [7, 11) is 0. The van der Waals surface area contributed by atoms with Crippen LogP contribution >= 0.6 is 0 Å². The minimum Gasteiger partial charge on any atom is -0.343 e. The molecule has 0 saturated carbocycles. The van der Waals surface area contributed by atoms with E-state index in [-0.39, 0.29) is 17.9 Å². The summed E-state index contributed by atoms with van der Waals surface area (Å²) in [6.07, 6.45) is 5.13. The summed E-state index contributed by atoms with van der Waals surface area (Å²) in [6, 6.07) is 9.34. The van der Waals surface area contributed by atoms with Crippen molar-refractivity contribution in [3.05, 3.63) is 65.7 Å². The Balaban J connectivity index is 1.91. The quantitative estimate of drug-likeness (QED) is 0.754. The molecule has 3 rings (SSSR count). The molecule has 1 unspecified atom stereocenters. The molecule has 24 heavy (non-hydrogen) atoms. The lowest BCUT2D eigenvalue weighted by Gasteiger charge is -2.21. The predicted molar refractivity (Wildman–Crippen MR) is 92.4 cm³/mol. The van der Waals surface area contributed by atoms with Crippen molar-refractivity contribution in [1.82, 2.24) is 19.9 Å². The molecular formula is C18H21N5O. The van der Waals surface area contributed by atoms with E-state index in [1.165, 1.54) is 0 Å². The number of fused-ring (bicyclic) bond motifs is 1. The van der Waals surface area contributed by atoms with Crippen LogP contribution < -0.4 is 11.1 Å². The molecule has 1 atom stereocenters. The maximum atomic E-state index is 12.8. The first-order chi connectivity index (χ1) is 11.6. The Hall–Kier alpha value is -2.73. The highest BCUT2D eigenvalue weighted by atomic mass is 16.1. The van der Waals surface area contributed by atoms with Gasteiger partial charge in [-0.2, -0.15) is 5.10 Å². The molecule has 3 N–H and O–H groups in total. The first-order valence-corrected chi connectivity index (χ1v) is 7.98. The number of nitrogens with one attached hydrogen (secondary N) is 1. The fourth-order valence-electron chi connectivity index (χ4n) is 2.69. The van der Waals surface area contributed by atoms with Crippen LogP contribution in [0.25, 0.3) is 5.52 Å². The van der Waals surface area contributed by atoms with Crippen molar-refractivity contribution in [2.75, 3.05) is 0 Å². The third-order valence-electron chi connectivity index (χ3n) is 4.03. The van der Waals surface area contributed by atoms with Gasteiger partial charge in [-0.05, 0) is 35.7 Å². The molecule has 0 aliphatic heterocycles. The van der Waals surface area contributed by atoms with Gasteiger partial charge in [0.2, 0.25) is 0 Å². The van der Waals surface area contributed by atoms with E-state index in [4.69, 9.17) is 5.73 Å². The van der Waals surface area contributed by atoms with Gasteiger partial charge in [0.1, 0.15) is 0 Å². The van der Waals surface area contributed by atoms with Crippen molar-refractivity contribution in [1.29, 1.82) is 0 Å². The molecule has 0 aromatic carbocycles. The number of pyridine rings is 2. The molecule has 3 aromatic heterocycles. The molecule has 6 heteroatoms. The zero-order valence-corrected chi connectivity index (χ0v) is 13.8. The maximum Gasteiger partial charge on any atom is 0.255 e. The molecule has 3 heterocycles. The van der Waals surface area contributed by atoms with Crippen molar-refractivity contribution in [3.63, 3.8) is 0 Å². The summed E-state index contributed by atoms with van der Waals surface area (Å²) in [5, 5.41) is 7.32. The number of rotatable bonds is 5. The van der Waals surface area contributed by atoms with Crippen LogP contribution in [-0.2, 0) is 6.54 Å². The van der Waals surface area contributed by atoms with Crippen LogP contribution in [0.3, 0.4) is 0 Å². The SMILES string of the molecule is CC(C)C(NC(=O)c1cnn2ccc(CN)cc12)c1ccccn1. The van der Waals surface area contributed by atoms with E-state index in [1.54, 1.807) is 16.9 Å². The number of hydrogen-bond acceptors (Lipinski definition) is 4. The fraction of sp³-hybridized carbons (Fsp3) is 0.278. The Morgan fingerprint density at radius 2 is 2.17 bits per heavy atom. The standard InChI is InChI=1S/C18H21N5O/c1-12(2)17(15-5-3-4-7-20-15)22-18(24)14-11-21-23-8-6-13(10-19)9-16(14)23/h3-9,11-12,17H,10,19H2,1-2H3,(H,22,24). The topological polar surface area (TPSA) is 85.3 Å². The van der Waals surface area contributed by atoms with Gasteiger partial charge in [-0.15, -0.1) is 0 Å². The van der Waals surface area contributed by atoms with Crippen molar-refractivity contribution < 1.29 is 4.79 Å². The smallest absolute Gasteiger partial charge is 0.255 e. The molecule has 0 spiro atoms. The Bertz CT molecular complexity index is 841. The van der Waals surface area contributed by atoms with Crippen LogP contribution in [-0.4, -0.2) is 20.5 Å². The molecule has 0 radical (unpaired) electrons. The van der Waals surface area contributed by atoms with Crippen molar-refractivity contribution in [2.24, 2.45) is 11.7 Å².